The van der Waals surface area contributed by atoms with Gasteiger partial charge in [0.2, 0.25) is 5.91 Å². The zero-order valence-corrected chi connectivity index (χ0v) is 11.2. The Bertz CT molecular complexity index is 205. The van der Waals surface area contributed by atoms with Crippen LogP contribution in [0.4, 0.5) is 0 Å². The molecule has 1 atom stereocenters. The molecule has 0 aliphatic carbocycles. The fourth-order valence-electron chi connectivity index (χ4n) is 1.56. The molecule has 4 heteroatoms. The van der Waals surface area contributed by atoms with E-state index in [0.29, 0.717) is 13.2 Å². The second-order valence-electron chi connectivity index (χ2n) is 4.93. The molecule has 0 saturated carbocycles. The molecule has 16 heavy (non-hydrogen) atoms. The Kier molecular flexibility index (Phi) is 7.34. The van der Waals surface area contributed by atoms with Gasteiger partial charge in [0.1, 0.15) is 0 Å². The first-order chi connectivity index (χ1) is 7.41. The minimum Gasteiger partial charge on any atom is -0.383 e. The molecule has 0 aromatic carbocycles. The van der Waals surface area contributed by atoms with Crippen LogP contribution in [0.2, 0.25) is 0 Å². The van der Waals surface area contributed by atoms with Crippen LogP contribution in [0.5, 0.6) is 0 Å². The van der Waals surface area contributed by atoms with Crippen LogP contribution in [0.3, 0.4) is 0 Å². The molecular formula is C12H26N2O2. The fourth-order valence-corrected chi connectivity index (χ4v) is 1.56. The Labute approximate surface area is 99.1 Å². The molecular weight excluding hydrogens is 204 g/mol. The van der Waals surface area contributed by atoms with Gasteiger partial charge in [-0.25, -0.2) is 0 Å². The van der Waals surface area contributed by atoms with Gasteiger partial charge in [0.25, 0.3) is 0 Å². The third-order valence-corrected chi connectivity index (χ3v) is 2.36. The van der Waals surface area contributed by atoms with Crippen molar-refractivity contribution in [1.29, 1.82) is 0 Å². The lowest BCUT2D eigenvalue weighted by Gasteiger charge is -2.25. The van der Waals surface area contributed by atoms with E-state index in [0.717, 1.165) is 12.8 Å². The highest BCUT2D eigenvalue weighted by atomic mass is 16.5. The van der Waals surface area contributed by atoms with Gasteiger partial charge in [-0.05, 0) is 27.2 Å². The molecule has 0 aliphatic rings. The van der Waals surface area contributed by atoms with Gasteiger partial charge in [-0.1, -0.05) is 13.3 Å². The third kappa shape index (κ3) is 7.65. The second kappa shape index (κ2) is 7.63. The number of methoxy groups -OCH3 is 1. The van der Waals surface area contributed by atoms with Crippen molar-refractivity contribution in [2.45, 2.75) is 52.1 Å². The highest BCUT2D eigenvalue weighted by Gasteiger charge is 2.18. The summed E-state index contributed by atoms with van der Waals surface area (Å²) < 4.78 is 5.06. The first-order valence-corrected chi connectivity index (χ1v) is 5.94. The smallest absolute Gasteiger partial charge is 0.234 e. The summed E-state index contributed by atoms with van der Waals surface area (Å²) in [5, 5.41) is 6.12. The monoisotopic (exact) mass is 230 g/mol. The number of ether oxygens (including phenoxy) is 1. The molecule has 1 amide bonds. The molecule has 0 bridgehead atoms. The van der Waals surface area contributed by atoms with Crippen LogP contribution < -0.4 is 10.6 Å². The zero-order valence-electron chi connectivity index (χ0n) is 11.2. The van der Waals surface area contributed by atoms with Crippen LogP contribution in [-0.2, 0) is 9.53 Å². The zero-order chi connectivity index (χ0) is 12.6. The molecule has 2 N–H and O–H groups in total. The van der Waals surface area contributed by atoms with E-state index in [9.17, 15) is 4.79 Å². The molecule has 0 saturated heterocycles. The highest BCUT2D eigenvalue weighted by Crippen LogP contribution is 2.01. The maximum absolute atomic E-state index is 11.6. The topological polar surface area (TPSA) is 50.4 Å². The van der Waals surface area contributed by atoms with E-state index < -0.39 is 0 Å². The van der Waals surface area contributed by atoms with E-state index in [1.807, 2.05) is 20.8 Å². The van der Waals surface area contributed by atoms with Crippen molar-refractivity contribution in [1.82, 2.24) is 10.6 Å². The number of rotatable bonds is 8. The summed E-state index contributed by atoms with van der Waals surface area (Å²) in [6, 6.07) is 0.254. The summed E-state index contributed by atoms with van der Waals surface area (Å²) in [6.45, 7) is 9.10. The number of carbonyl (C=O) groups excluding carboxylic acids is 1. The summed E-state index contributed by atoms with van der Waals surface area (Å²) in [7, 11) is 1.66. The Hall–Kier alpha value is -0.610. The molecule has 0 aromatic rings. The van der Waals surface area contributed by atoms with E-state index in [-0.39, 0.29) is 17.5 Å². The standard InChI is InChI=1S/C12H26N2O2/c1-6-7-10(2)14-11(15)8-13-12(3,4)9-16-5/h10,13H,6-9H2,1-5H3,(H,14,15). The van der Waals surface area contributed by atoms with Crippen molar-refractivity contribution >= 4 is 5.91 Å². The highest BCUT2D eigenvalue weighted by molar-refractivity contribution is 5.78. The molecule has 0 radical (unpaired) electrons. The Morgan fingerprint density at radius 1 is 1.44 bits per heavy atom. The Balaban J connectivity index is 3.80. The minimum atomic E-state index is -0.167. The Morgan fingerprint density at radius 3 is 2.56 bits per heavy atom. The van der Waals surface area contributed by atoms with Crippen LogP contribution in [0.15, 0.2) is 0 Å². The van der Waals surface area contributed by atoms with Gasteiger partial charge in [0.05, 0.1) is 13.2 Å². The van der Waals surface area contributed by atoms with E-state index >= 15 is 0 Å². The van der Waals surface area contributed by atoms with Crippen LogP contribution in [-0.4, -0.2) is 37.7 Å². The SMILES string of the molecule is CCCC(C)NC(=O)CNC(C)(C)COC. The van der Waals surface area contributed by atoms with Crippen LogP contribution in [0, 0.1) is 0 Å². The lowest BCUT2D eigenvalue weighted by atomic mass is 10.1. The maximum atomic E-state index is 11.6. The predicted molar refractivity (Wildman–Crippen MR) is 66.5 cm³/mol. The number of hydrogen-bond acceptors (Lipinski definition) is 3. The van der Waals surface area contributed by atoms with Crippen molar-refractivity contribution < 1.29 is 9.53 Å². The lowest BCUT2D eigenvalue weighted by Crippen LogP contribution is -2.49. The minimum absolute atomic E-state index is 0.0464. The molecule has 0 spiro atoms. The largest absolute Gasteiger partial charge is 0.383 e. The molecule has 0 aromatic heterocycles. The van der Waals surface area contributed by atoms with Crippen molar-refractivity contribution in [3.8, 4) is 0 Å². The molecule has 96 valence electrons. The van der Waals surface area contributed by atoms with Crippen molar-refractivity contribution in [2.24, 2.45) is 0 Å². The number of carbonyl (C=O) groups is 1. The van der Waals surface area contributed by atoms with E-state index in [1.54, 1.807) is 7.11 Å². The van der Waals surface area contributed by atoms with Crippen molar-refractivity contribution in [3.05, 3.63) is 0 Å². The van der Waals surface area contributed by atoms with Gasteiger partial charge in [0.15, 0.2) is 0 Å². The molecule has 0 aliphatic heterocycles. The van der Waals surface area contributed by atoms with E-state index in [2.05, 4.69) is 17.6 Å². The summed E-state index contributed by atoms with van der Waals surface area (Å²) in [5.41, 5.74) is -0.167. The van der Waals surface area contributed by atoms with E-state index in [4.69, 9.17) is 4.74 Å². The van der Waals surface area contributed by atoms with Gasteiger partial charge in [0, 0.05) is 18.7 Å². The maximum Gasteiger partial charge on any atom is 0.234 e. The molecule has 0 fully saturated rings. The molecule has 0 heterocycles. The summed E-state index contributed by atoms with van der Waals surface area (Å²) in [6.07, 6.45) is 2.11. The van der Waals surface area contributed by atoms with Gasteiger partial charge < -0.3 is 15.4 Å². The van der Waals surface area contributed by atoms with Crippen LogP contribution in [0.25, 0.3) is 0 Å². The quantitative estimate of drug-likeness (QED) is 0.661. The van der Waals surface area contributed by atoms with Gasteiger partial charge >= 0.3 is 0 Å². The summed E-state index contributed by atoms with van der Waals surface area (Å²) in [4.78, 5) is 11.6. The van der Waals surface area contributed by atoms with Crippen LogP contribution >= 0.6 is 0 Å². The first kappa shape index (κ1) is 15.4. The second-order valence-corrected chi connectivity index (χ2v) is 4.93. The number of amides is 1. The molecule has 4 nitrogen and oxygen atoms in total. The van der Waals surface area contributed by atoms with Gasteiger partial charge in [-0.3, -0.25) is 4.79 Å². The van der Waals surface area contributed by atoms with Crippen LogP contribution in [0.1, 0.15) is 40.5 Å². The van der Waals surface area contributed by atoms with Crippen molar-refractivity contribution in [3.63, 3.8) is 0 Å². The third-order valence-electron chi connectivity index (χ3n) is 2.36. The first-order valence-electron chi connectivity index (χ1n) is 5.94. The van der Waals surface area contributed by atoms with Crippen molar-refractivity contribution in [2.75, 3.05) is 20.3 Å². The molecule has 1 unspecified atom stereocenters. The predicted octanol–water partition coefficient (Wildman–Crippen LogP) is 1.31. The fraction of sp³-hybridized carbons (Fsp3) is 0.917. The summed E-state index contributed by atoms with van der Waals surface area (Å²) in [5.74, 6) is 0.0464. The molecule has 0 rings (SSSR count). The van der Waals surface area contributed by atoms with Gasteiger partial charge in [-0.2, -0.15) is 0 Å². The van der Waals surface area contributed by atoms with E-state index in [1.165, 1.54) is 0 Å². The average molecular weight is 230 g/mol. The summed E-state index contributed by atoms with van der Waals surface area (Å²) >= 11 is 0. The number of hydrogen-bond donors (Lipinski definition) is 2. The Morgan fingerprint density at radius 2 is 2.06 bits per heavy atom. The normalized spacial score (nSPS) is 13.6. The number of nitrogens with one attached hydrogen (secondary N) is 2. The lowest BCUT2D eigenvalue weighted by molar-refractivity contribution is -0.121. The average Bonchev–Trinajstić information content (AvgIpc) is 2.15. The van der Waals surface area contributed by atoms with Gasteiger partial charge in [-0.15, -0.1) is 0 Å².